The highest BCUT2D eigenvalue weighted by molar-refractivity contribution is 5.27. The van der Waals surface area contributed by atoms with Gasteiger partial charge in [-0.25, -0.2) is 0 Å². The third kappa shape index (κ3) is 5.47. The van der Waals surface area contributed by atoms with Gasteiger partial charge in [-0.1, -0.05) is 75.4 Å². The molecule has 2 aromatic carbocycles. The van der Waals surface area contributed by atoms with Gasteiger partial charge in [-0.15, -0.1) is 0 Å². The van der Waals surface area contributed by atoms with Crippen LogP contribution in [0.2, 0.25) is 0 Å². The first-order valence-corrected chi connectivity index (χ1v) is 8.94. The topological polar surface area (TPSA) is 32.3 Å². The molecule has 0 aromatic heterocycles. The fourth-order valence-corrected chi connectivity index (χ4v) is 2.84. The highest BCUT2D eigenvalue weighted by Gasteiger charge is 2.15. The molecular formula is C22H31NO. The van der Waals surface area contributed by atoms with Crippen LogP contribution in [0.1, 0.15) is 56.9 Å². The SMILES string of the molecule is C[C@H](NCCCc1ccc(C(C)(C)C)cc1)[C@H](O)c1ccccc1. The summed E-state index contributed by atoms with van der Waals surface area (Å²) in [4.78, 5) is 0. The summed E-state index contributed by atoms with van der Waals surface area (Å²) < 4.78 is 0. The Labute approximate surface area is 146 Å². The molecule has 0 aliphatic carbocycles. The number of aryl methyl sites for hydroxylation is 1. The van der Waals surface area contributed by atoms with Crippen LogP contribution < -0.4 is 5.32 Å². The maximum Gasteiger partial charge on any atom is 0.0940 e. The molecule has 2 nitrogen and oxygen atoms in total. The molecule has 24 heavy (non-hydrogen) atoms. The van der Waals surface area contributed by atoms with Gasteiger partial charge in [0.2, 0.25) is 0 Å². The monoisotopic (exact) mass is 325 g/mol. The standard InChI is InChI=1S/C22H31NO/c1-17(21(24)19-10-6-5-7-11-19)23-16-8-9-18-12-14-20(15-13-18)22(2,3)4/h5-7,10-15,17,21,23-24H,8-9,16H2,1-4H3/t17-,21-/m0/s1. The Morgan fingerprint density at radius 1 is 0.958 bits per heavy atom. The van der Waals surface area contributed by atoms with E-state index >= 15 is 0 Å². The van der Waals surface area contributed by atoms with E-state index in [9.17, 15) is 5.11 Å². The molecule has 0 bridgehead atoms. The fraction of sp³-hybridized carbons (Fsp3) is 0.455. The predicted octanol–water partition coefficient (Wildman–Crippen LogP) is 4.63. The molecular weight excluding hydrogens is 294 g/mol. The lowest BCUT2D eigenvalue weighted by atomic mass is 9.86. The van der Waals surface area contributed by atoms with Crippen LogP contribution in [0.5, 0.6) is 0 Å². The zero-order valence-corrected chi connectivity index (χ0v) is 15.4. The Bertz CT molecular complexity index is 598. The van der Waals surface area contributed by atoms with Gasteiger partial charge in [0, 0.05) is 6.04 Å². The number of nitrogens with one attached hydrogen (secondary N) is 1. The summed E-state index contributed by atoms with van der Waals surface area (Å²) in [5, 5.41) is 13.8. The smallest absolute Gasteiger partial charge is 0.0940 e. The average molecular weight is 325 g/mol. The Morgan fingerprint density at radius 3 is 2.17 bits per heavy atom. The van der Waals surface area contributed by atoms with Crippen LogP contribution in [0.4, 0.5) is 0 Å². The molecule has 130 valence electrons. The zero-order chi connectivity index (χ0) is 17.6. The van der Waals surface area contributed by atoms with Gasteiger partial charge in [0.1, 0.15) is 0 Å². The van der Waals surface area contributed by atoms with E-state index in [4.69, 9.17) is 0 Å². The van der Waals surface area contributed by atoms with Gasteiger partial charge in [-0.05, 0) is 48.4 Å². The molecule has 2 atom stereocenters. The van der Waals surface area contributed by atoms with E-state index in [1.807, 2.05) is 37.3 Å². The Hall–Kier alpha value is -1.64. The third-order valence-electron chi connectivity index (χ3n) is 4.54. The first-order chi connectivity index (χ1) is 11.4. The van der Waals surface area contributed by atoms with Crippen molar-refractivity contribution >= 4 is 0 Å². The van der Waals surface area contributed by atoms with Crippen LogP contribution in [0, 0.1) is 0 Å². The molecule has 0 aliphatic rings. The quantitative estimate of drug-likeness (QED) is 0.728. The number of rotatable bonds is 7. The van der Waals surface area contributed by atoms with Crippen LogP contribution in [0.3, 0.4) is 0 Å². The molecule has 0 aliphatic heterocycles. The Balaban J connectivity index is 1.74. The summed E-state index contributed by atoms with van der Waals surface area (Å²) in [5.74, 6) is 0. The molecule has 0 saturated heterocycles. The molecule has 2 rings (SSSR count). The molecule has 0 saturated carbocycles. The van der Waals surface area contributed by atoms with E-state index in [0.717, 1.165) is 24.9 Å². The minimum absolute atomic E-state index is 0.0515. The summed E-state index contributed by atoms with van der Waals surface area (Å²) in [6.45, 7) is 9.67. The molecule has 0 radical (unpaired) electrons. The lowest BCUT2D eigenvalue weighted by Crippen LogP contribution is -2.33. The molecule has 0 spiro atoms. The van der Waals surface area contributed by atoms with Crippen LogP contribution in [-0.4, -0.2) is 17.7 Å². The maximum absolute atomic E-state index is 10.3. The number of hydrogen-bond donors (Lipinski definition) is 2. The second-order valence-corrected chi connectivity index (χ2v) is 7.65. The van der Waals surface area contributed by atoms with Crippen molar-refractivity contribution in [3.05, 3.63) is 71.3 Å². The van der Waals surface area contributed by atoms with E-state index in [1.54, 1.807) is 0 Å². The number of hydrogen-bond acceptors (Lipinski definition) is 2. The molecule has 2 aromatic rings. The van der Waals surface area contributed by atoms with Crippen molar-refractivity contribution in [3.8, 4) is 0 Å². The van der Waals surface area contributed by atoms with Gasteiger partial charge in [-0.3, -0.25) is 0 Å². The van der Waals surface area contributed by atoms with Crippen molar-refractivity contribution in [2.75, 3.05) is 6.54 Å². The van der Waals surface area contributed by atoms with Gasteiger partial charge in [-0.2, -0.15) is 0 Å². The van der Waals surface area contributed by atoms with Gasteiger partial charge < -0.3 is 10.4 Å². The van der Waals surface area contributed by atoms with Crippen molar-refractivity contribution in [1.29, 1.82) is 0 Å². The Morgan fingerprint density at radius 2 is 1.58 bits per heavy atom. The van der Waals surface area contributed by atoms with Gasteiger partial charge in [0.25, 0.3) is 0 Å². The minimum atomic E-state index is -0.461. The van der Waals surface area contributed by atoms with Gasteiger partial charge in [0.05, 0.1) is 6.10 Å². The van der Waals surface area contributed by atoms with E-state index in [1.165, 1.54) is 11.1 Å². The summed E-state index contributed by atoms with van der Waals surface area (Å²) in [5.41, 5.74) is 3.93. The van der Waals surface area contributed by atoms with Crippen molar-refractivity contribution in [3.63, 3.8) is 0 Å². The second-order valence-electron chi connectivity index (χ2n) is 7.65. The van der Waals surface area contributed by atoms with E-state index in [0.29, 0.717) is 0 Å². The number of aliphatic hydroxyl groups is 1. The van der Waals surface area contributed by atoms with Crippen LogP contribution in [0.15, 0.2) is 54.6 Å². The summed E-state index contributed by atoms with van der Waals surface area (Å²) in [7, 11) is 0. The van der Waals surface area contributed by atoms with Crippen LogP contribution in [0.25, 0.3) is 0 Å². The van der Waals surface area contributed by atoms with Crippen LogP contribution in [-0.2, 0) is 11.8 Å². The molecule has 0 fully saturated rings. The summed E-state index contributed by atoms with van der Waals surface area (Å²) >= 11 is 0. The van der Waals surface area contributed by atoms with Crippen molar-refractivity contribution in [2.24, 2.45) is 0 Å². The molecule has 0 heterocycles. The van der Waals surface area contributed by atoms with E-state index < -0.39 is 6.10 Å². The largest absolute Gasteiger partial charge is 0.387 e. The molecule has 0 unspecified atom stereocenters. The summed E-state index contributed by atoms with van der Waals surface area (Å²) in [6, 6.07) is 18.9. The van der Waals surface area contributed by atoms with Crippen molar-refractivity contribution in [1.82, 2.24) is 5.32 Å². The minimum Gasteiger partial charge on any atom is -0.387 e. The van der Waals surface area contributed by atoms with Crippen molar-refractivity contribution < 1.29 is 5.11 Å². The highest BCUT2D eigenvalue weighted by atomic mass is 16.3. The summed E-state index contributed by atoms with van der Waals surface area (Å²) in [6.07, 6.45) is 1.67. The second kappa shape index (κ2) is 8.46. The Kier molecular flexibility index (Phi) is 6.59. The van der Waals surface area contributed by atoms with Crippen molar-refractivity contribution in [2.45, 2.75) is 58.1 Å². The third-order valence-corrected chi connectivity index (χ3v) is 4.54. The number of benzene rings is 2. The average Bonchev–Trinajstić information content (AvgIpc) is 2.58. The zero-order valence-electron chi connectivity index (χ0n) is 15.4. The fourth-order valence-electron chi connectivity index (χ4n) is 2.84. The first kappa shape index (κ1) is 18.7. The van der Waals surface area contributed by atoms with Gasteiger partial charge in [0.15, 0.2) is 0 Å². The molecule has 2 heteroatoms. The first-order valence-electron chi connectivity index (χ1n) is 8.94. The highest BCUT2D eigenvalue weighted by Crippen LogP contribution is 2.22. The van der Waals surface area contributed by atoms with E-state index in [-0.39, 0.29) is 11.5 Å². The number of aliphatic hydroxyl groups excluding tert-OH is 1. The molecule has 0 amide bonds. The molecule has 2 N–H and O–H groups in total. The van der Waals surface area contributed by atoms with Crippen LogP contribution >= 0.6 is 0 Å². The van der Waals surface area contributed by atoms with E-state index in [2.05, 4.69) is 50.4 Å². The normalized spacial score (nSPS) is 14.4. The predicted molar refractivity (Wildman–Crippen MR) is 102 cm³/mol. The van der Waals surface area contributed by atoms with Gasteiger partial charge >= 0.3 is 0 Å². The lowest BCUT2D eigenvalue weighted by molar-refractivity contribution is 0.136. The lowest BCUT2D eigenvalue weighted by Gasteiger charge is -2.21. The maximum atomic E-state index is 10.3.